The molecule has 1 aliphatic rings. The summed E-state index contributed by atoms with van der Waals surface area (Å²) < 4.78 is 32.0. The summed E-state index contributed by atoms with van der Waals surface area (Å²) in [7, 11) is 0. The van der Waals surface area contributed by atoms with Crippen LogP contribution in [-0.4, -0.2) is 23.2 Å². The Morgan fingerprint density at radius 3 is 2.52 bits per heavy atom. The van der Waals surface area contributed by atoms with Crippen LogP contribution >= 0.6 is 0 Å². The average molecular weight is 293 g/mol. The van der Waals surface area contributed by atoms with Crippen molar-refractivity contribution in [3.05, 3.63) is 35.7 Å². The van der Waals surface area contributed by atoms with Gasteiger partial charge in [-0.25, -0.2) is 8.78 Å². The van der Waals surface area contributed by atoms with E-state index in [0.29, 0.717) is 11.8 Å². The van der Waals surface area contributed by atoms with Gasteiger partial charge in [-0.2, -0.15) is 4.98 Å². The second-order valence-electron chi connectivity index (χ2n) is 5.82. The van der Waals surface area contributed by atoms with Gasteiger partial charge in [0.2, 0.25) is 11.7 Å². The Labute approximate surface area is 121 Å². The topological polar surface area (TPSA) is 51.0 Å². The summed E-state index contributed by atoms with van der Waals surface area (Å²) in [4.78, 5) is 4.39. The predicted molar refractivity (Wildman–Crippen MR) is 73.7 cm³/mol. The van der Waals surface area contributed by atoms with E-state index in [1.165, 1.54) is 12.1 Å². The van der Waals surface area contributed by atoms with Crippen LogP contribution in [0.5, 0.6) is 0 Å². The molecule has 1 unspecified atom stereocenters. The molecule has 0 bridgehead atoms. The zero-order valence-corrected chi connectivity index (χ0v) is 12.0. The van der Waals surface area contributed by atoms with Crippen LogP contribution in [0, 0.1) is 17.6 Å². The van der Waals surface area contributed by atoms with Crippen LogP contribution < -0.4 is 5.32 Å². The fraction of sp³-hybridized carbons (Fsp3) is 0.467. The molecule has 3 rings (SSSR count). The molecule has 1 aromatic carbocycles. The minimum absolute atomic E-state index is 0.211. The minimum atomic E-state index is -0.655. The Balaban J connectivity index is 1.99. The Bertz CT molecular complexity index is 628. The molecular formula is C15H17F2N3O. The van der Waals surface area contributed by atoms with Gasteiger partial charge >= 0.3 is 0 Å². The van der Waals surface area contributed by atoms with E-state index >= 15 is 0 Å². The molecule has 2 heterocycles. The number of aromatic nitrogens is 2. The molecule has 6 heteroatoms. The highest BCUT2D eigenvalue weighted by Crippen LogP contribution is 2.37. The molecule has 2 aromatic rings. The van der Waals surface area contributed by atoms with E-state index in [0.717, 1.165) is 25.6 Å². The molecular weight excluding hydrogens is 276 g/mol. The fourth-order valence-electron chi connectivity index (χ4n) is 2.86. The maximum absolute atomic E-state index is 13.3. The standard InChI is InChI=1S/C15H17F2N3O/c1-9(2)15(3-4-18-8-15)14-19-13(20-21-14)10-5-11(16)7-12(17)6-10/h5-7,9,18H,3-4,8H2,1-2H3. The molecule has 1 saturated heterocycles. The van der Waals surface area contributed by atoms with Crippen LogP contribution in [0.3, 0.4) is 0 Å². The SMILES string of the molecule is CC(C)C1(c2nc(-c3cc(F)cc(F)c3)no2)CCNC1. The Hall–Kier alpha value is -1.82. The summed E-state index contributed by atoms with van der Waals surface area (Å²) in [6.45, 7) is 5.88. The molecule has 1 atom stereocenters. The summed E-state index contributed by atoms with van der Waals surface area (Å²) >= 11 is 0. The molecule has 4 nitrogen and oxygen atoms in total. The smallest absolute Gasteiger partial charge is 0.234 e. The summed E-state index contributed by atoms with van der Waals surface area (Å²) in [6.07, 6.45) is 0.907. The summed E-state index contributed by atoms with van der Waals surface area (Å²) in [6, 6.07) is 3.22. The maximum atomic E-state index is 13.3. The molecule has 1 aliphatic heterocycles. The number of benzene rings is 1. The first-order valence-corrected chi connectivity index (χ1v) is 7.03. The summed E-state index contributed by atoms with van der Waals surface area (Å²) in [5.41, 5.74) is 0.0734. The first kappa shape index (κ1) is 14.1. The zero-order chi connectivity index (χ0) is 15.0. The second kappa shape index (κ2) is 5.18. The monoisotopic (exact) mass is 293 g/mol. The van der Waals surface area contributed by atoms with Gasteiger partial charge in [-0.05, 0) is 31.0 Å². The van der Waals surface area contributed by atoms with E-state index in [1.54, 1.807) is 0 Å². The minimum Gasteiger partial charge on any atom is -0.338 e. The number of hydrogen-bond acceptors (Lipinski definition) is 4. The van der Waals surface area contributed by atoms with Crippen molar-refractivity contribution in [1.82, 2.24) is 15.5 Å². The van der Waals surface area contributed by atoms with Crippen molar-refractivity contribution in [3.63, 3.8) is 0 Å². The van der Waals surface area contributed by atoms with Gasteiger partial charge in [0.05, 0.1) is 5.41 Å². The molecule has 21 heavy (non-hydrogen) atoms. The van der Waals surface area contributed by atoms with Crippen molar-refractivity contribution in [2.24, 2.45) is 5.92 Å². The van der Waals surface area contributed by atoms with Crippen LogP contribution in [0.25, 0.3) is 11.4 Å². The van der Waals surface area contributed by atoms with Crippen molar-refractivity contribution < 1.29 is 13.3 Å². The van der Waals surface area contributed by atoms with E-state index < -0.39 is 11.6 Å². The summed E-state index contributed by atoms with van der Waals surface area (Å²) in [5.74, 6) is -0.238. The van der Waals surface area contributed by atoms with Gasteiger partial charge in [0.1, 0.15) is 11.6 Å². The second-order valence-corrected chi connectivity index (χ2v) is 5.82. The van der Waals surface area contributed by atoms with Crippen molar-refractivity contribution in [1.29, 1.82) is 0 Å². The molecule has 1 N–H and O–H groups in total. The highest BCUT2D eigenvalue weighted by molar-refractivity contribution is 5.54. The van der Waals surface area contributed by atoms with Gasteiger partial charge in [-0.1, -0.05) is 19.0 Å². The van der Waals surface area contributed by atoms with Gasteiger partial charge < -0.3 is 9.84 Å². The van der Waals surface area contributed by atoms with Crippen molar-refractivity contribution in [2.45, 2.75) is 25.7 Å². The van der Waals surface area contributed by atoms with Crippen molar-refractivity contribution in [2.75, 3.05) is 13.1 Å². The normalized spacial score (nSPS) is 22.1. The number of nitrogens with one attached hydrogen (secondary N) is 1. The third-order valence-corrected chi connectivity index (χ3v) is 4.27. The molecule has 0 amide bonds. The fourth-order valence-corrected chi connectivity index (χ4v) is 2.86. The summed E-state index contributed by atoms with van der Waals surface area (Å²) in [5, 5.41) is 7.21. The lowest BCUT2D eigenvalue weighted by Gasteiger charge is -2.27. The quantitative estimate of drug-likeness (QED) is 0.945. The van der Waals surface area contributed by atoms with Crippen LogP contribution in [0.1, 0.15) is 26.2 Å². The average Bonchev–Trinajstić information content (AvgIpc) is 3.07. The lowest BCUT2D eigenvalue weighted by atomic mass is 9.76. The molecule has 0 saturated carbocycles. The van der Waals surface area contributed by atoms with E-state index in [4.69, 9.17) is 4.52 Å². The predicted octanol–water partition coefficient (Wildman–Crippen LogP) is 2.90. The number of halogens is 2. The maximum Gasteiger partial charge on any atom is 0.234 e. The third kappa shape index (κ3) is 2.44. The van der Waals surface area contributed by atoms with Gasteiger partial charge in [0.25, 0.3) is 0 Å². The Morgan fingerprint density at radius 1 is 1.24 bits per heavy atom. The van der Waals surface area contributed by atoms with E-state index in [2.05, 4.69) is 29.3 Å². The largest absolute Gasteiger partial charge is 0.338 e. The first-order valence-electron chi connectivity index (χ1n) is 7.03. The molecule has 0 spiro atoms. The van der Waals surface area contributed by atoms with Gasteiger partial charge in [0.15, 0.2) is 0 Å². The third-order valence-electron chi connectivity index (χ3n) is 4.27. The molecule has 1 aromatic heterocycles. The van der Waals surface area contributed by atoms with Crippen LogP contribution in [0.15, 0.2) is 22.7 Å². The number of rotatable bonds is 3. The van der Waals surface area contributed by atoms with E-state index in [1.807, 2.05) is 0 Å². The van der Waals surface area contributed by atoms with Gasteiger partial charge in [0, 0.05) is 18.2 Å². The lowest BCUT2D eigenvalue weighted by Crippen LogP contribution is -2.35. The Kier molecular flexibility index (Phi) is 3.49. The lowest BCUT2D eigenvalue weighted by molar-refractivity contribution is 0.234. The number of hydrogen-bond donors (Lipinski definition) is 1. The van der Waals surface area contributed by atoms with Crippen LogP contribution in [0.4, 0.5) is 8.78 Å². The Morgan fingerprint density at radius 2 is 1.95 bits per heavy atom. The highest BCUT2D eigenvalue weighted by Gasteiger charge is 2.43. The molecule has 0 aliphatic carbocycles. The van der Waals surface area contributed by atoms with Crippen LogP contribution in [0.2, 0.25) is 0 Å². The molecule has 1 fully saturated rings. The van der Waals surface area contributed by atoms with Crippen molar-refractivity contribution in [3.8, 4) is 11.4 Å². The van der Waals surface area contributed by atoms with E-state index in [-0.39, 0.29) is 16.8 Å². The van der Waals surface area contributed by atoms with E-state index in [9.17, 15) is 8.78 Å². The first-order chi connectivity index (χ1) is 10.0. The molecule has 112 valence electrons. The number of nitrogens with zero attached hydrogens (tertiary/aromatic N) is 2. The van der Waals surface area contributed by atoms with Gasteiger partial charge in [-0.3, -0.25) is 0 Å². The zero-order valence-electron chi connectivity index (χ0n) is 12.0. The van der Waals surface area contributed by atoms with Crippen LogP contribution in [-0.2, 0) is 5.41 Å². The highest BCUT2D eigenvalue weighted by atomic mass is 19.1. The van der Waals surface area contributed by atoms with Crippen molar-refractivity contribution >= 4 is 0 Å². The molecule has 0 radical (unpaired) electrons. The van der Waals surface area contributed by atoms with Gasteiger partial charge in [-0.15, -0.1) is 0 Å².